The zero-order chi connectivity index (χ0) is 16.4. The number of urea groups is 1. The summed E-state index contributed by atoms with van der Waals surface area (Å²) in [6.07, 6.45) is 0.703. The summed E-state index contributed by atoms with van der Waals surface area (Å²) in [4.78, 5) is 23.0. The third-order valence-corrected chi connectivity index (χ3v) is 3.06. The molecule has 0 unspecified atom stereocenters. The quantitative estimate of drug-likeness (QED) is 0.720. The molecular weight excluding hydrogens is 284 g/mol. The van der Waals surface area contributed by atoms with Crippen molar-refractivity contribution in [3.05, 3.63) is 29.3 Å². The minimum atomic E-state index is -0.523. The first-order valence-electron chi connectivity index (χ1n) is 7.38. The highest BCUT2D eigenvalue weighted by Gasteiger charge is 2.08. The van der Waals surface area contributed by atoms with E-state index in [0.717, 1.165) is 11.1 Å². The number of aryl methyl sites for hydroxylation is 2. The van der Waals surface area contributed by atoms with E-state index in [0.29, 0.717) is 31.9 Å². The molecule has 3 amide bonds. The summed E-state index contributed by atoms with van der Waals surface area (Å²) in [5.41, 5.74) is 2.24. The van der Waals surface area contributed by atoms with Crippen LogP contribution in [-0.4, -0.2) is 38.3 Å². The van der Waals surface area contributed by atoms with Crippen molar-refractivity contribution in [3.63, 3.8) is 0 Å². The van der Waals surface area contributed by atoms with Crippen LogP contribution < -0.4 is 15.4 Å². The average molecular weight is 308 g/mol. The van der Waals surface area contributed by atoms with Gasteiger partial charge in [0.05, 0.1) is 0 Å². The van der Waals surface area contributed by atoms with Crippen molar-refractivity contribution in [2.24, 2.45) is 0 Å². The molecule has 0 saturated carbocycles. The second kappa shape index (κ2) is 9.78. The minimum absolute atomic E-state index is 0.200. The number of carbonyl (C=O) groups is 2. The van der Waals surface area contributed by atoms with Gasteiger partial charge in [0.15, 0.2) is 6.61 Å². The summed E-state index contributed by atoms with van der Waals surface area (Å²) in [5, 5.41) is 4.79. The number of imide groups is 1. The maximum Gasteiger partial charge on any atom is 0.321 e. The highest BCUT2D eigenvalue weighted by atomic mass is 16.5. The molecule has 0 radical (unpaired) electrons. The molecule has 0 aromatic heterocycles. The smallest absolute Gasteiger partial charge is 0.321 e. The van der Waals surface area contributed by atoms with Crippen molar-refractivity contribution in [2.45, 2.75) is 27.2 Å². The molecule has 1 aromatic rings. The minimum Gasteiger partial charge on any atom is -0.484 e. The normalized spacial score (nSPS) is 10.1. The molecule has 0 aliphatic carbocycles. The Balaban J connectivity index is 2.22. The van der Waals surface area contributed by atoms with Crippen molar-refractivity contribution < 1.29 is 19.1 Å². The molecule has 0 saturated heterocycles. The Morgan fingerprint density at radius 1 is 1.18 bits per heavy atom. The van der Waals surface area contributed by atoms with Gasteiger partial charge in [-0.1, -0.05) is 6.07 Å². The van der Waals surface area contributed by atoms with Gasteiger partial charge in [0, 0.05) is 19.8 Å². The maximum absolute atomic E-state index is 11.6. The van der Waals surface area contributed by atoms with E-state index in [-0.39, 0.29) is 6.61 Å². The van der Waals surface area contributed by atoms with E-state index in [4.69, 9.17) is 9.47 Å². The Kier molecular flexibility index (Phi) is 7.99. The Hall–Kier alpha value is -2.08. The van der Waals surface area contributed by atoms with Gasteiger partial charge in [-0.25, -0.2) is 4.79 Å². The van der Waals surface area contributed by atoms with Crippen LogP contribution in [0.4, 0.5) is 4.79 Å². The first-order valence-corrected chi connectivity index (χ1v) is 7.38. The number of ether oxygens (including phenoxy) is 2. The number of hydrogen-bond acceptors (Lipinski definition) is 4. The Morgan fingerprint density at radius 3 is 2.64 bits per heavy atom. The fraction of sp³-hybridized carbons (Fsp3) is 0.500. The molecule has 0 aliphatic rings. The van der Waals surface area contributed by atoms with Crippen molar-refractivity contribution in [2.75, 3.05) is 26.4 Å². The number of rotatable bonds is 8. The van der Waals surface area contributed by atoms with Crippen molar-refractivity contribution >= 4 is 11.9 Å². The largest absolute Gasteiger partial charge is 0.484 e. The summed E-state index contributed by atoms with van der Waals surface area (Å²) < 4.78 is 10.5. The topological polar surface area (TPSA) is 76.7 Å². The van der Waals surface area contributed by atoms with Gasteiger partial charge in [-0.3, -0.25) is 10.1 Å². The van der Waals surface area contributed by atoms with Crippen LogP contribution in [0.1, 0.15) is 24.5 Å². The molecule has 22 heavy (non-hydrogen) atoms. The van der Waals surface area contributed by atoms with Gasteiger partial charge in [0.2, 0.25) is 0 Å². The molecule has 0 aliphatic heterocycles. The van der Waals surface area contributed by atoms with Crippen molar-refractivity contribution in [1.82, 2.24) is 10.6 Å². The predicted molar refractivity (Wildman–Crippen MR) is 84.1 cm³/mol. The summed E-state index contributed by atoms with van der Waals surface area (Å²) in [5.74, 6) is 0.121. The lowest BCUT2D eigenvalue weighted by atomic mass is 10.1. The first kappa shape index (κ1) is 18.0. The second-order valence-electron chi connectivity index (χ2n) is 4.89. The van der Waals surface area contributed by atoms with Crippen LogP contribution >= 0.6 is 0 Å². The van der Waals surface area contributed by atoms with E-state index in [2.05, 4.69) is 10.6 Å². The standard InChI is InChI=1S/C16H24N2O4/c1-4-21-9-5-8-17-16(20)18-15(19)11-22-14-7-6-12(2)13(3)10-14/h6-7,10H,4-5,8-9,11H2,1-3H3,(H2,17,18,19,20). The number of amides is 3. The van der Waals surface area contributed by atoms with Crippen LogP contribution in [0.2, 0.25) is 0 Å². The zero-order valence-electron chi connectivity index (χ0n) is 13.4. The van der Waals surface area contributed by atoms with Gasteiger partial charge >= 0.3 is 6.03 Å². The third-order valence-electron chi connectivity index (χ3n) is 3.06. The number of carbonyl (C=O) groups excluding carboxylic acids is 2. The second-order valence-corrected chi connectivity index (χ2v) is 4.89. The van der Waals surface area contributed by atoms with Crippen molar-refractivity contribution in [3.8, 4) is 5.75 Å². The van der Waals surface area contributed by atoms with E-state index in [9.17, 15) is 9.59 Å². The average Bonchev–Trinajstić information content (AvgIpc) is 2.48. The summed E-state index contributed by atoms with van der Waals surface area (Å²) in [6.45, 7) is 7.38. The summed E-state index contributed by atoms with van der Waals surface area (Å²) in [7, 11) is 0. The molecule has 1 rings (SSSR count). The van der Waals surface area contributed by atoms with E-state index in [1.807, 2.05) is 32.9 Å². The van der Waals surface area contributed by atoms with Crippen LogP contribution in [-0.2, 0) is 9.53 Å². The lowest BCUT2D eigenvalue weighted by Crippen LogP contribution is -2.42. The molecule has 6 heteroatoms. The van der Waals surface area contributed by atoms with Gasteiger partial charge in [0.1, 0.15) is 5.75 Å². The number of nitrogens with one attached hydrogen (secondary N) is 2. The van der Waals surface area contributed by atoms with Gasteiger partial charge < -0.3 is 14.8 Å². The van der Waals surface area contributed by atoms with E-state index < -0.39 is 11.9 Å². The van der Waals surface area contributed by atoms with Crippen LogP contribution in [0, 0.1) is 13.8 Å². The molecule has 1 aromatic carbocycles. The Bertz CT molecular complexity index is 503. The van der Waals surface area contributed by atoms with Crippen molar-refractivity contribution in [1.29, 1.82) is 0 Å². The van der Waals surface area contributed by atoms with Crippen LogP contribution in [0.15, 0.2) is 18.2 Å². The highest BCUT2D eigenvalue weighted by molar-refractivity contribution is 5.94. The van der Waals surface area contributed by atoms with Gasteiger partial charge in [-0.15, -0.1) is 0 Å². The lowest BCUT2D eigenvalue weighted by molar-refractivity contribution is -0.122. The molecule has 0 atom stereocenters. The lowest BCUT2D eigenvalue weighted by Gasteiger charge is -2.09. The van der Waals surface area contributed by atoms with Gasteiger partial charge in [-0.2, -0.15) is 0 Å². The molecule has 0 spiro atoms. The summed E-state index contributed by atoms with van der Waals surface area (Å²) in [6, 6.07) is 5.05. The highest BCUT2D eigenvalue weighted by Crippen LogP contribution is 2.16. The Morgan fingerprint density at radius 2 is 1.95 bits per heavy atom. The van der Waals surface area contributed by atoms with E-state index in [1.165, 1.54) is 0 Å². The van der Waals surface area contributed by atoms with Crippen LogP contribution in [0.25, 0.3) is 0 Å². The van der Waals surface area contributed by atoms with Crippen LogP contribution in [0.3, 0.4) is 0 Å². The SMILES string of the molecule is CCOCCCNC(=O)NC(=O)COc1ccc(C)c(C)c1. The predicted octanol–water partition coefficient (Wildman–Crippen LogP) is 1.93. The molecule has 122 valence electrons. The monoisotopic (exact) mass is 308 g/mol. The van der Waals surface area contributed by atoms with Gasteiger partial charge in [0.25, 0.3) is 5.91 Å². The fourth-order valence-corrected chi connectivity index (χ4v) is 1.68. The fourth-order valence-electron chi connectivity index (χ4n) is 1.68. The summed E-state index contributed by atoms with van der Waals surface area (Å²) >= 11 is 0. The third kappa shape index (κ3) is 7.08. The zero-order valence-corrected chi connectivity index (χ0v) is 13.4. The van der Waals surface area contributed by atoms with E-state index >= 15 is 0 Å². The van der Waals surface area contributed by atoms with E-state index in [1.54, 1.807) is 6.07 Å². The number of hydrogen-bond donors (Lipinski definition) is 2. The number of benzene rings is 1. The molecule has 0 fully saturated rings. The maximum atomic E-state index is 11.6. The molecule has 0 heterocycles. The molecular formula is C16H24N2O4. The Labute approximate surface area is 131 Å². The van der Waals surface area contributed by atoms with Crippen LogP contribution in [0.5, 0.6) is 5.75 Å². The molecule has 2 N–H and O–H groups in total. The van der Waals surface area contributed by atoms with Gasteiger partial charge in [-0.05, 0) is 50.5 Å². The molecule has 0 bridgehead atoms. The molecule has 6 nitrogen and oxygen atoms in total. The first-order chi connectivity index (χ1) is 10.5.